The second-order valence-electron chi connectivity index (χ2n) is 7.14. The van der Waals surface area contributed by atoms with E-state index in [-0.39, 0.29) is 23.7 Å². The van der Waals surface area contributed by atoms with E-state index in [2.05, 4.69) is 0 Å². The number of phenolic OH excluding ortho intramolecular Hbond substituents is 1. The smallest absolute Gasteiger partial charge is 0.342 e. The first kappa shape index (κ1) is 23.5. The van der Waals surface area contributed by atoms with Crippen LogP contribution in [-0.4, -0.2) is 69.7 Å². The minimum atomic E-state index is -1.62. The van der Waals surface area contributed by atoms with Crippen molar-refractivity contribution in [3.05, 3.63) is 59.7 Å². The molecule has 1 saturated heterocycles. The van der Waals surface area contributed by atoms with Gasteiger partial charge in [-0.1, -0.05) is 30.3 Å². The quantitative estimate of drug-likeness (QED) is 0.441. The number of phenols is 1. The molecule has 1 fully saturated rings. The second kappa shape index (κ2) is 10.4. The molecule has 0 radical (unpaired) electrons. The summed E-state index contributed by atoms with van der Waals surface area (Å²) >= 11 is 0. The van der Waals surface area contributed by atoms with Gasteiger partial charge in [-0.25, -0.2) is 4.79 Å². The molecule has 0 saturated carbocycles. The number of ether oxygens (including phenoxy) is 4. The van der Waals surface area contributed by atoms with E-state index in [0.717, 1.165) is 18.6 Å². The molecule has 0 spiro atoms. The highest BCUT2D eigenvalue weighted by Gasteiger charge is 2.48. The van der Waals surface area contributed by atoms with E-state index in [1.807, 2.05) is 6.07 Å². The average molecular weight is 448 g/mol. The lowest BCUT2D eigenvalue weighted by Crippen LogP contribution is -2.61. The second-order valence-corrected chi connectivity index (χ2v) is 7.14. The molecule has 1 heterocycles. The van der Waals surface area contributed by atoms with Crippen LogP contribution in [0.2, 0.25) is 0 Å². The summed E-state index contributed by atoms with van der Waals surface area (Å²) in [5.74, 6) is -1.90. The highest BCUT2D eigenvalue weighted by Crippen LogP contribution is 2.30. The van der Waals surface area contributed by atoms with Gasteiger partial charge in [-0.3, -0.25) is 4.79 Å². The molecule has 10 heteroatoms. The predicted molar refractivity (Wildman–Crippen MR) is 108 cm³/mol. The van der Waals surface area contributed by atoms with Gasteiger partial charge in [0.15, 0.2) is 6.10 Å². The normalized spacial score (nSPS) is 25.1. The molecule has 32 heavy (non-hydrogen) atoms. The van der Waals surface area contributed by atoms with E-state index in [4.69, 9.17) is 18.9 Å². The fraction of sp³-hybridized carbons (Fsp3) is 0.364. The lowest BCUT2D eigenvalue weighted by atomic mass is 9.99. The van der Waals surface area contributed by atoms with Crippen LogP contribution in [0.25, 0.3) is 0 Å². The third-order valence-electron chi connectivity index (χ3n) is 4.77. The molecule has 10 nitrogen and oxygen atoms in total. The van der Waals surface area contributed by atoms with Gasteiger partial charge >= 0.3 is 11.9 Å². The van der Waals surface area contributed by atoms with Gasteiger partial charge < -0.3 is 39.4 Å². The highest BCUT2D eigenvalue weighted by atomic mass is 16.7. The molecule has 2 aromatic carbocycles. The van der Waals surface area contributed by atoms with Crippen molar-refractivity contribution >= 4 is 11.9 Å². The van der Waals surface area contributed by atoms with Crippen LogP contribution in [0.4, 0.5) is 0 Å². The van der Waals surface area contributed by atoms with Crippen LogP contribution in [0.15, 0.2) is 48.5 Å². The Morgan fingerprint density at radius 3 is 2.44 bits per heavy atom. The fourth-order valence-corrected chi connectivity index (χ4v) is 3.17. The van der Waals surface area contributed by atoms with Crippen LogP contribution in [-0.2, 0) is 25.6 Å². The van der Waals surface area contributed by atoms with Crippen LogP contribution in [0.1, 0.15) is 22.8 Å². The van der Waals surface area contributed by atoms with Gasteiger partial charge in [-0.05, 0) is 23.8 Å². The molecule has 4 N–H and O–H groups in total. The number of aromatic hydroxyl groups is 1. The highest BCUT2D eigenvalue weighted by molar-refractivity contribution is 5.93. The topological polar surface area (TPSA) is 152 Å². The Bertz CT molecular complexity index is 932. The maximum Gasteiger partial charge on any atom is 0.342 e. The molecular formula is C22H24O10. The summed E-state index contributed by atoms with van der Waals surface area (Å²) in [6.45, 7) is 0.427. The summed E-state index contributed by atoms with van der Waals surface area (Å²) in [4.78, 5) is 24.1. The number of hydrogen-bond acceptors (Lipinski definition) is 10. The van der Waals surface area contributed by atoms with Crippen LogP contribution >= 0.6 is 0 Å². The van der Waals surface area contributed by atoms with Crippen molar-refractivity contribution in [3.63, 3.8) is 0 Å². The van der Waals surface area contributed by atoms with Gasteiger partial charge in [-0.2, -0.15) is 0 Å². The van der Waals surface area contributed by atoms with E-state index in [1.54, 1.807) is 24.3 Å². The number of hydrogen-bond donors (Lipinski definition) is 4. The number of carbonyl (C=O) groups excluding carboxylic acids is 2. The van der Waals surface area contributed by atoms with Gasteiger partial charge in [0.25, 0.3) is 0 Å². The molecule has 0 aliphatic carbocycles. The average Bonchev–Trinajstić information content (AvgIpc) is 2.78. The van der Waals surface area contributed by atoms with Crippen molar-refractivity contribution in [1.29, 1.82) is 0 Å². The third kappa shape index (κ3) is 5.54. The summed E-state index contributed by atoms with van der Waals surface area (Å²) < 4.78 is 21.5. The molecule has 1 aliphatic heterocycles. The Kier molecular flexibility index (Phi) is 7.65. The van der Waals surface area contributed by atoms with Crippen LogP contribution < -0.4 is 4.74 Å². The number of aliphatic hydroxyl groups excluding tert-OH is 3. The first-order valence-corrected chi connectivity index (χ1v) is 9.80. The van der Waals surface area contributed by atoms with Crippen molar-refractivity contribution < 1.29 is 49.0 Å². The first-order chi connectivity index (χ1) is 15.3. The summed E-state index contributed by atoms with van der Waals surface area (Å²) in [7, 11) is 0. The van der Waals surface area contributed by atoms with Crippen molar-refractivity contribution in [2.75, 3.05) is 6.61 Å². The maximum atomic E-state index is 12.7. The van der Waals surface area contributed by atoms with Crippen LogP contribution in [0, 0.1) is 0 Å². The zero-order chi connectivity index (χ0) is 23.3. The monoisotopic (exact) mass is 448 g/mol. The Morgan fingerprint density at radius 2 is 1.78 bits per heavy atom. The summed E-state index contributed by atoms with van der Waals surface area (Å²) in [5, 5.41) is 39.7. The fourth-order valence-electron chi connectivity index (χ4n) is 3.17. The minimum Gasteiger partial charge on any atom is -0.508 e. The van der Waals surface area contributed by atoms with Crippen LogP contribution in [0.3, 0.4) is 0 Å². The van der Waals surface area contributed by atoms with E-state index in [0.29, 0.717) is 0 Å². The van der Waals surface area contributed by atoms with Crippen molar-refractivity contribution in [2.24, 2.45) is 0 Å². The Labute approximate surface area is 183 Å². The van der Waals surface area contributed by atoms with Crippen LogP contribution in [0.5, 0.6) is 11.5 Å². The number of benzene rings is 2. The molecule has 0 unspecified atom stereocenters. The maximum absolute atomic E-state index is 12.7. The van der Waals surface area contributed by atoms with Crippen molar-refractivity contribution in [1.82, 2.24) is 0 Å². The predicted octanol–water partition coefficient (Wildman–Crippen LogP) is 0.499. The SMILES string of the molecule is CC(=O)O[C@H]1[C@H](Oc2ccc(O)cc2C(=O)OCc2ccccc2)O[C@H](CO)[C@@H](O)[C@@H]1O. The van der Waals surface area contributed by atoms with Gasteiger partial charge in [0.05, 0.1) is 6.61 Å². The standard InChI is InChI=1S/C22H24O10/c1-12(24)30-20-19(27)18(26)17(10-23)32-22(20)31-16-8-7-14(25)9-15(16)21(28)29-11-13-5-3-2-4-6-13/h2-9,17-20,22-23,25-27H,10-11H2,1H3/t17-,18-,19+,20-,22-/m1/s1. The van der Waals surface area contributed by atoms with E-state index >= 15 is 0 Å². The van der Waals surface area contributed by atoms with Crippen molar-refractivity contribution in [3.8, 4) is 11.5 Å². The van der Waals surface area contributed by atoms with Crippen molar-refractivity contribution in [2.45, 2.75) is 44.2 Å². The number of carbonyl (C=O) groups is 2. The zero-order valence-electron chi connectivity index (χ0n) is 17.2. The molecule has 0 bridgehead atoms. The van der Waals surface area contributed by atoms with E-state index in [1.165, 1.54) is 12.1 Å². The largest absolute Gasteiger partial charge is 0.508 e. The van der Waals surface area contributed by atoms with Gasteiger partial charge in [0.2, 0.25) is 6.29 Å². The van der Waals surface area contributed by atoms with E-state index < -0.39 is 49.3 Å². The molecule has 0 amide bonds. The van der Waals surface area contributed by atoms with E-state index in [9.17, 15) is 30.0 Å². The third-order valence-corrected chi connectivity index (χ3v) is 4.77. The molecule has 5 atom stereocenters. The zero-order valence-corrected chi connectivity index (χ0v) is 17.2. The lowest BCUT2D eigenvalue weighted by Gasteiger charge is -2.41. The lowest BCUT2D eigenvalue weighted by molar-refractivity contribution is -0.281. The number of rotatable bonds is 7. The molecule has 2 aromatic rings. The molecular weight excluding hydrogens is 424 g/mol. The Hall–Kier alpha value is -3.18. The molecule has 1 aliphatic rings. The Morgan fingerprint density at radius 1 is 1.06 bits per heavy atom. The molecule has 0 aromatic heterocycles. The van der Waals surface area contributed by atoms with Gasteiger partial charge in [0, 0.05) is 6.92 Å². The number of esters is 2. The molecule has 3 rings (SSSR count). The summed E-state index contributed by atoms with van der Waals surface area (Å²) in [5.41, 5.74) is 0.601. The Balaban J connectivity index is 1.83. The minimum absolute atomic E-state index is 0.0255. The van der Waals surface area contributed by atoms with Gasteiger partial charge in [-0.15, -0.1) is 0 Å². The summed E-state index contributed by atoms with van der Waals surface area (Å²) in [6.07, 6.45) is -7.32. The molecule has 172 valence electrons. The van der Waals surface area contributed by atoms with Gasteiger partial charge in [0.1, 0.15) is 42.0 Å². The summed E-state index contributed by atoms with van der Waals surface area (Å²) in [6, 6.07) is 12.6. The first-order valence-electron chi connectivity index (χ1n) is 9.80. The number of aliphatic hydroxyl groups is 3.